The number of carboxylic acids is 1. The summed E-state index contributed by atoms with van der Waals surface area (Å²) in [6.45, 7) is 3.72. The molecule has 0 spiro atoms. The smallest absolute Gasteiger partial charge is 0.326 e. The maximum absolute atomic E-state index is 12.0. The molecule has 0 fully saturated rings. The molecule has 2 rings (SSSR count). The lowest BCUT2D eigenvalue weighted by molar-refractivity contribution is -0.141. The minimum absolute atomic E-state index is 0.0709. The van der Waals surface area contributed by atoms with Gasteiger partial charge in [0.25, 0.3) is 0 Å². The van der Waals surface area contributed by atoms with Gasteiger partial charge in [-0.1, -0.05) is 42.1 Å². The summed E-state index contributed by atoms with van der Waals surface area (Å²) in [5, 5.41) is 12.4. The van der Waals surface area contributed by atoms with E-state index in [1.165, 1.54) is 11.8 Å². The summed E-state index contributed by atoms with van der Waals surface area (Å²) in [5.74, 6) is -1.34. The number of amides is 1. The van der Waals surface area contributed by atoms with E-state index in [2.05, 4.69) is 15.3 Å². The third kappa shape index (κ3) is 5.66. The van der Waals surface area contributed by atoms with Crippen molar-refractivity contribution >= 4 is 23.6 Å². The largest absolute Gasteiger partial charge is 0.480 e. The number of carbonyl (C=O) groups excluding carboxylic acids is 1. The first kappa shape index (κ1) is 17.9. The molecule has 0 radical (unpaired) electrons. The zero-order valence-corrected chi connectivity index (χ0v) is 14.3. The zero-order chi connectivity index (χ0) is 17.5. The molecular formula is C17H19N3O3S. The van der Waals surface area contributed by atoms with Gasteiger partial charge in [0.05, 0.1) is 5.75 Å². The van der Waals surface area contributed by atoms with Gasteiger partial charge >= 0.3 is 5.97 Å². The fraction of sp³-hybridized carbons (Fsp3) is 0.294. The summed E-state index contributed by atoms with van der Waals surface area (Å²) >= 11 is 1.19. The fourth-order valence-electron chi connectivity index (χ4n) is 2.17. The van der Waals surface area contributed by atoms with Crippen LogP contribution < -0.4 is 5.32 Å². The van der Waals surface area contributed by atoms with E-state index in [0.717, 1.165) is 17.0 Å². The average Bonchev–Trinajstić information content (AvgIpc) is 2.52. The van der Waals surface area contributed by atoms with Gasteiger partial charge in [-0.2, -0.15) is 0 Å². The molecule has 24 heavy (non-hydrogen) atoms. The number of thioether (sulfide) groups is 1. The quantitative estimate of drug-likeness (QED) is 0.589. The lowest BCUT2D eigenvalue weighted by Gasteiger charge is -2.14. The third-order valence-corrected chi connectivity index (χ3v) is 4.06. The number of carboxylic acid groups (broad SMARTS) is 1. The van der Waals surface area contributed by atoms with Crippen molar-refractivity contribution in [2.75, 3.05) is 5.75 Å². The highest BCUT2D eigenvalue weighted by atomic mass is 32.2. The van der Waals surface area contributed by atoms with E-state index < -0.39 is 12.0 Å². The molecule has 1 aromatic heterocycles. The van der Waals surface area contributed by atoms with Crippen molar-refractivity contribution in [3.05, 3.63) is 53.3 Å². The standard InChI is InChI=1S/C17H19N3O3S/c1-11-8-12(2)19-17(18-11)24-10-15(21)20-14(16(22)23)9-13-6-4-3-5-7-13/h3-8,14H,9-10H2,1-2H3,(H,20,21)(H,22,23). The van der Waals surface area contributed by atoms with E-state index >= 15 is 0 Å². The number of nitrogens with one attached hydrogen (secondary N) is 1. The molecule has 1 amide bonds. The molecule has 0 bridgehead atoms. The highest BCUT2D eigenvalue weighted by molar-refractivity contribution is 7.99. The molecule has 0 saturated heterocycles. The molecule has 1 heterocycles. The van der Waals surface area contributed by atoms with Crippen LogP contribution in [0.3, 0.4) is 0 Å². The Labute approximate surface area is 144 Å². The number of benzene rings is 1. The number of aromatic nitrogens is 2. The maximum Gasteiger partial charge on any atom is 0.326 e. The molecule has 0 aliphatic heterocycles. The van der Waals surface area contributed by atoms with Gasteiger partial charge in [-0.3, -0.25) is 4.79 Å². The van der Waals surface area contributed by atoms with Gasteiger partial charge in [0.1, 0.15) is 6.04 Å². The first-order valence-corrected chi connectivity index (χ1v) is 8.44. The van der Waals surface area contributed by atoms with Crippen LogP contribution in [0.4, 0.5) is 0 Å². The Kier molecular flexibility index (Phi) is 6.31. The van der Waals surface area contributed by atoms with Gasteiger partial charge in [-0.05, 0) is 25.5 Å². The highest BCUT2D eigenvalue weighted by Crippen LogP contribution is 2.14. The van der Waals surface area contributed by atoms with Crippen LogP contribution in [0.25, 0.3) is 0 Å². The van der Waals surface area contributed by atoms with Crippen LogP contribution in [0.15, 0.2) is 41.6 Å². The molecule has 0 aliphatic rings. The Bertz CT molecular complexity index is 702. The summed E-state index contributed by atoms with van der Waals surface area (Å²) in [4.78, 5) is 31.9. The van der Waals surface area contributed by atoms with Gasteiger partial charge in [0, 0.05) is 17.8 Å². The summed E-state index contributed by atoms with van der Waals surface area (Å²) in [7, 11) is 0. The van der Waals surface area contributed by atoms with E-state index in [-0.39, 0.29) is 18.1 Å². The number of nitrogens with zero attached hydrogens (tertiary/aromatic N) is 2. The zero-order valence-electron chi connectivity index (χ0n) is 13.5. The SMILES string of the molecule is Cc1cc(C)nc(SCC(=O)NC(Cc2ccccc2)C(=O)O)n1. The number of hydrogen-bond acceptors (Lipinski definition) is 5. The molecule has 0 aliphatic carbocycles. The van der Waals surface area contributed by atoms with Crippen molar-refractivity contribution in [3.8, 4) is 0 Å². The normalized spacial score (nSPS) is 11.8. The number of rotatable bonds is 7. The molecule has 6 nitrogen and oxygen atoms in total. The van der Waals surface area contributed by atoms with Gasteiger partial charge in [-0.25, -0.2) is 14.8 Å². The Balaban J connectivity index is 1.92. The average molecular weight is 345 g/mol. The number of aryl methyl sites for hydroxylation is 2. The number of hydrogen-bond donors (Lipinski definition) is 2. The number of carbonyl (C=O) groups is 2. The van der Waals surface area contributed by atoms with Crippen LogP contribution in [-0.4, -0.2) is 38.7 Å². The minimum Gasteiger partial charge on any atom is -0.480 e. The molecule has 7 heteroatoms. The predicted octanol–water partition coefficient (Wildman–Crippen LogP) is 2.00. The second kappa shape index (κ2) is 8.44. The fourth-order valence-corrected chi connectivity index (χ4v) is 2.93. The van der Waals surface area contributed by atoms with Crippen LogP contribution in [0, 0.1) is 13.8 Å². The lowest BCUT2D eigenvalue weighted by atomic mass is 10.1. The van der Waals surface area contributed by atoms with Gasteiger partial charge < -0.3 is 10.4 Å². The summed E-state index contributed by atoms with van der Waals surface area (Å²) in [5.41, 5.74) is 2.52. The van der Waals surface area contributed by atoms with E-state index in [0.29, 0.717) is 5.16 Å². The van der Waals surface area contributed by atoms with Crippen LogP contribution in [0.5, 0.6) is 0 Å². The molecule has 126 valence electrons. The van der Waals surface area contributed by atoms with E-state index in [9.17, 15) is 14.7 Å². The van der Waals surface area contributed by atoms with Crippen molar-refractivity contribution in [1.82, 2.24) is 15.3 Å². The Hall–Kier alpha value is -2.41. The summed E-state index contributed by atoms with van der Waals surface area (Å²) in [6.07, 6.45) is 0.243. The molecule has 1 unspecified atom stereocenters. The molecule has 1 aromatic carbocycles. The van der Waals surface area contributed by atoms with Crippen LogP contribution in [0.1, 0.15) is 17.0 Å². The van der Waals surface area contributed by atoms with E-state index in [4.69, 9.17) is 0 Å². The summed E-state index contributed by atoms with van der Waals surface area (Å²) < 4.78 is 0. The predicted molar refractivity (Wildman–Crippen MR) is 91.9 cm³/mol. The Morgan fingerprint density at radius 3 is 2.38 bits per heavy atom. The maximum atomic E-state index is 12.0. The highest BCUT2D eigenvalue weighted by Gasteiger charge is 2.20. The van der Waals surface area contributed by atoms with Crippen LogP contribution in [0.2, 0.25) is 0 Å². The van der Waals surface area contributed by atoms with Crippen LogP contribution in [-0.2, 0) is 16.0 Å². The monoisotopic (exact) mass is 345 g/mol. The van der Waals surface area contributed by atoms with Crippen molar-refractivity contribution in [3.63, 3.8) is 0 Å². The van der Waals surface area contributed by atoms with E-state index in [1.54, 1.807) is 0 Å². The molecule has 1 atom stereocenters. The third-order valence-electron chi connectivity index (χ3n) is 3.21. The topological polar surface area (TPSA) is 92.2 Å². The van der Waals surface area contributed by atoms with Gasteiger partial charge in [0.2, 0.25) is 5.91 Å². The first-order valence-electron chi connectivity index (χ1n) is 7.45. The first-order chi connectivity index (χ1) is 11.4. The van der Waals surface area contributed by atoms with Crippen LogP contribution >= 0.6 is 11.8 Å². The molecule has 0 saturated carbocycles. The second-order valence-electron chi connectivity index (χ2n) is 5.37. The number of aliphatic carboxylic acids is 1. The van der Waals surface area contributed by atoms with Crippen molar-refractivity contribution in [1.29, 1.82) is 0 Å². The van der Waals surface area contributed by atoms with E-state index in [1.807, 2.05) is 50.2 Å². The van der Waals surface area contributed by atoms with Gasteiger partial charge in [-0.15, -0.1) is 0 Å². The van der Waals surface area contributed by atoms with Crippen molar-refractivity contribution in [2.24, 2.45) is 0 Å². The second-order valence-corrected chi connectivity index (χ2v) is 6.31. The Morgan fingerprint density at radius 2 is 1.79 bits per heavy atom. The summed E-state index contributed by atoms with van der Waals surface area (Å²) in [6, 6.07) is 10.1. The lowest BCUT2D eigenvalue weighted by Crippen LogP contribution is -2.43. The Morgan fingerprint density at radius 1 is 1.17 bits per heavy atom. The van der Waals surface area contributed by atoms with Crippen molar-refractivity contribution in [2.45, 2.75) is 31.5 Å². The van der Waals surface area contributed by atoms with Crippen molar-refractivity contribution < 1.29 is 14.7 Å². The molecular weight excluding hydrogens is 326 g/mol. The van der Waals surface area contributed by atoms with Gasteiger partial charge in [0.15, 0.2) is 5.16 Å². The molecule has 2 N–H and O–H groups in total. The molecule has 2 aromatic rings. The minimum atomic E-state index is -1.06.